The molecule has 9 unspecified atom stereocenters. The molecule has 90 heavy (non-hydrogen) atoms. The summed E-state index contributed by atoms with van der Waals surface area (Å²) in [5.41, 5.74) is 5.55. The van der Waals surface area contributed by atoms with E-state index < -0.39 is 187 Å². The van der Waals surface area contributed by atoms with Gasteiger partial charge in [0.1, 0.15) is 54.4 Å². The number of carboxylic acids is 4. The zero-order valence-corrected chi connectivity index (χ0v) is 52.0. The zero-order chi connectivity index (χ0) is 68.5. The van der Waals surface area contributed by atoms with E-state index in [2.05, 4.69) is 63.8 Å². The SMILES string of the molecule is CCCCCC(NC(=O)C(C)NC(=O)C(CCCCNC(=O)C(CCCCNC(=O)C(CCC(=O)O)NC(C)=O)NC(=O)C(CCC(=O)O)NC(C)=O)NC(=O)C(CCCCNC(=O)C(CCC(=O)O)NC(C)=O)NC(=O)C(CCC(=O)O)NC(C)=O)C(N)=O. The third kappa shape index (κ3) is 38.3. The first-order valence-electron chi connectivity index (χ1n) is 29.9. The molecule has 9 atom stereocenters. The molecular weight excluding hydrogens is 1190 g/mol. The molecule has 18 N–H and O–H groups in total. The van der Waals surface area contributed by atoms with Gasteiger partial charge in [0, 0.05) is 73.0 Å². The maximum Gasteiger partial charge on any atom is 0.303 e. The summed E-state index contributed by atoms with van der Waals surface area (Å²) in [4.78, 5) is 214. The fourth-order valence-corrected chi connectivity index (χ4v) is 8.74. The topological polar surface area (TPSA) is 541 Å². The van der Waals surface area contributed by atoms with Crippen molar-refractivity contribution in [3.8, 4) is 0 Å². The summed E-state index contributed by atoms with van der Waals surface area (Å²) in [6, 6.07) is -12.0. The summed E-state index contributed by atoms with van der Waals surface area (Å²) in [6.45, 7) is 7.42. The van der Waals surface area contributed by atoms with Crippen molar-refractivity contribution in [1.82, 2.24) is 63.8 Å². The number of carboxylic acid groups (broad SMARTS) is 4. The minimum Gasteiger partial charge on any atom is -0.481 e. The van der Waals surface area contributed by atoms with Gasteiger partial charge in [-0.15, -0.1) is 0 Å². The maximum absolute atomic E-state index is 14.4. The molecule has 34 heteroatoms. The molecule has 0 spiro atoms. The number of rotatable bonds is 49. The highest BCUT2D eigenvalue weighted by Gasteiger charge is 2.33. The Balaban J connectivity index is 6.92. The second-order valence-electron chi connectivity index (χ2n) is 21.5. The number of unbranched alkanes of at least 4 members (excludes halogenated alkanes) is 5. The number of nitrogens with two attached hydrogens (primary N) is 1. The van der Waals surface area contributed by atoms with Crippen molar-refractivity contribution in [1.29, 1.82) is 0 Å². The van der Waals surface area contributed by atoms with Gasteiger partial charge in [0.2, 0.25) is 76.8 Å². The van der Waals surface area contributed by atoms with Crippen LogP contribution in [-0.4, -0.2) is 195 Å². The Labute approximate surface area is 521 Å². The molecule has 0 aromatic rings. The molecule has 0 aliphatic heterocycles. The van der Waals surface area contributed by atoms with Crippen LogP contribution in [0.5, 0.6) is 0 Å². The molecule has 0 heterocycles. The van der Waals surface area contributed by atoms with Gasteiger partial charge in [-0.1, -0.05) is 26.2 Å². The van der Waals surface area contributed by atoms with E-state index in [1.165, 1.54) is 6.92 Å². The summed E-state index contributed by atoms with van der Waals surface area (Å²) in [5.74, 6) is -15.2. The molecule has 0 saturated carbocycles. The summed E-state index contributed by atoms with van der Waals surface area (Å²) in [7, 11) is 0. The molecule has 0 aliphatic carbocycles. The molecule has 0 aromatic heterocycles. The molecule has 0 aliphatic rings. The molecule has 0 saturated heterocycles. The summed E-state index contributed by atoms with van der Waals surface area (Å²) in [6.07, 6.45) is -0.863. The Morgan fingerprint density at radius 2 is 0.533 bits per heavy atom. The van der Waals surface area contributed by atoms with Gasteiger partial charge in [-0.2, -0.15) is 0 Å². The van der Waals surface area contributed by atoms with Crippen molar-refractivity contribution >= 4 is 101 Å². The van der Waals surface area contributed by atoms with Crippen molar-refractivity contribution in [2.24, 2.45) is 5.73 Å². The molecule has 34 nitrogen and oxygen atoms in total. The predicted octanol–water partition coefficient (Wildman–Crippen LogP) is -3.17. The van der Waals surface area contributed by atoms with Gasteiger partial charge < -0.3 is 90.0 Å². The van der Waals surface area contributed by atoms with Gasteiger partial charge in [0.25, 0.3) is 0 Å². The molecule has 0 radical (unpaired) electrons. The van der Waals surface area contributed by atoms with E-state index in [0.29, 0.717) is 6.42 Å². The van der Waals surface area contributed by atoms with Crippen LogP contribution < -0.4 is 69.5 Å². The van der Waals surface area contributed by atoms with Crippen molar-refractivity contribution in [2.75, 3.05) is 19.6 Å². The van der Waals surface area contributed by atoms with Crippen LogP contribution in [0.15, 0.2) is 0 Å². The third-order valence-corrected chi connectivity index (χ3v) is 13.4. The Morgan fingerprint density at radius 1 is 0.300 bits per heavy atom. The predicted molar refractivity (Wildman–Crippen MR) is 317 cm³/mol. The van der Waals surface area contributed by atoms with Crippen molar-refractivity contribution < 1.29 is 102 Å². The lowest BCUT2D eigenvalue weighted by atomic mass is 10.0. The second kappa shape index (κ2) is 45.3. The van der Waals surface area contributed by atoms with Crippen LogP contribution in [0.1, 0.15) is 176 Å². The third-order valence-electron chi connectivity index (χ3n) is 13.4. The average Bonchev–Trinajstić information content (AvgIpc) is 1.61. The smallest absolute Gasteiger partial charge is 0.303 e. The van der Waals surface area contributed by atoms with Gasteiger partial charge in [-0.25, -0.2) is 0 Å². The standard InChI is InChI=1S/C56H93N13O21/c1-7-8-9-16-36(48(57)82)66-49(83)31(2)61-53(87)38(68-54(88)39(69-56(90)43(65-35(6)73)23-27-47(80)81)19-12-15-30-60-52(86)41(63-33(4)71)21-25-45(76)77)18-11-14-28-58-50(84)37(67-55(89)42(64-34(5)72)22-26-46(78)79)17-10-13-29-59-51(85)40(62-32(3)70)20-24-44(74)75/h31,36-43H,7-30H2,1-6H3,(H2,57,82)(H,58,84)(H,59,85)(H,60,86)(H,61,87)(H,62,70)(H,63,71)(H,64,72)(H,65,73)(H,66,83)(H,67,89)(H,68,88)(H,69,90)(H,74,75)(H,76,77)(H,78,79)(H,80,81). The van der Waals surface area contributed by atoms with Crippen LogP contribution in [0, 0.1) is 0 Å². The Bertz CT molecular complexity index is 2480. The summed E-state index contributed by atoms with van der Waals surface area (Å²) < 4.78 is 0. The van der Waals surface area contributed by atoms with Crippen LogP contribution in [0.2, 0.25) is 0 Å². The van der Waals surface area contributed by atoms with Crippen molar-refractivity contribution in [2.45, 2.75) is 231 Å². The van der Waals surface area contributed by atoms with Gasteiger partial charge in [0.15, 0.2) is 0 Å². The monoisotopic (exact) mass is 1280 g/mol. The van der Waals surface area contributed by atoms with Gasteiger partial charge in [-0.3, -0.25) is 81.5 Å². The normalized spacial score (nSPS) is 13.8. The Hall–Kier alpha value is -9.01. The fourth-order valence-electron chi connectivity index (χ4n) is 8.74. The molecular formula is C56H93N13O21. The Kier molecular flexibility index (Phi) is 40.7. The average molecular weight is 1280 g/mol. The minimum atomic E-state index is -1.53. The number of hydrogen-bond acceptors (Lipinski definition) is 17. The van der Waals surface area contributed by atoms with Crippen LogP contribution in [0.3, 0.4) is 0 Å². The van der Waals surface area contributed by atoms with Gasteiger partial charge >= 0.3 is 23.9 Å². The van der Waals surface area contributed by atoms with E-state index in [0.717, 1.165) is 40.5 Å². The van der Waals surface area contributed by atoms with Crippen molar-refractivity contribution in [3.63, 3.8) is 0 Å². The summed E-state index contributed by atoms with van der Waals surface area (Å²) >= 11 is 0. The number of aliphatic carboxylic acids is 4. The number of hydrogen-bond donors (Lipinski definition) is 17. The Morgan fingerprint density at radius 3 is 0.800 bits per heavy atom. The lowest BCUT2D eigenvalue weighted by Crippen LogP contribution is -2.58. The lowest BCUT2D eigenvalue weighted by Gasteiger charge is -2.26. The van der Waals surface area contributed by atoms with Crippen LogP contribution in [-0.2, 0) is 81.5 Å². The van der Waals surface area contributed by atoms with E-state index in [-0.39, 0.29) is 103 Å². The number of amides is 13. The van der Waals surface area contributed by atoms with E-state index >= 15 is 0 Å². The first kappa shape index (κ1) is 81.0. The zero-order valence-electron chi connectivity index (χ0n) is 52.0. The first-order valence-corrected chi connectivity index (χ1v) is 29.9. The molecule has 0 rings (SSSR count). The number of carbonyl (C=O) groups is 17. The van der Waals surface area contributed by atoms with Gasteiger partial charge in [0.05, 0.1) is 0 Å². The van der Waals surface area contributed by atoms with Crippen molar-refractivity contribution in [3.05, 3.63) is 0 Å². The summed E-state index contributed by atoms with van der Waals surface area (Å²) in [5, 5.41) is 66.7. The molecule has 13 amide bonds. The highest BCUT2D eigenvalue weighted by molar-refractivity contribution is 5.97. The highest BCUT2D eigenvalue weighted by Crippen LogP contribution is 2.11. The largest absolute Gasteiger partial charge is 0.481 e. The van der Waals surface area contributed by atoms with Crippen LogP contribution >= 0.6 is 0 Å². The minimum absolute atomic E-state index is 0.0164. The van der Waals surface area contributed by atoms with E-state index in [9.17, 15) is 91.7 Å². The molecule has 0 bridgehead atoms. The van der Waals surface area contributed by atoms with E-state index in [1.54, 1.807) is 0 Å². The van der Waals surface area contributed by atoms with E-state index in [4.69, 9.17) is 15.9 Å². The molecule has 0 aromatic carbocycles. The molecule has 508 valence electrons. The number of primary amides is 1. The quantitative estimate of drug-likeness (QED) is 0.0267. The second-order valence-corrected chi connectivity index (χ2v) is 21.5. The fraction of sp³-hybridized carbons (Fsp3) is 0.696. The first-order chi connectivity index (χ1) is 42.3. The van der Waals surface area contributed by atoms with Crippen LogP contribution in [0.4, 0.5) is 0 Å². The highest BCUT2D eigenvalue weighted by atomic mass is 16.4. The lowest BCUT2D eigenvalue weighted by molar-refractivity contribution is -0.139. The van der Waals surface area contributed by atoms with Crippen LogP contribution in [0.25, 0.3) is 0 Å². The van der Waals surface area contributed by atoms with E-state index in [1.807, 2.05) is 6.92 Å². The molecule has 0 fully saturated rings. The number of nitrogens with one attached hydrogen (secondary N) is 12. The maximum atomic E-state index is 14.4. The van der Waals surface area contributed by atoms with Gasteiger partial charge in [-0.05, 0) is 96.8 Å². The number of carbonyl (C=O) groups excluding carboxylic acids is 13.